The zero-order valence-electron chi connectivity index (χ0n) is 10.5. The van der Waals surface area contributed by atoms with Crippen LogP contribution >= 0.6 is 0 Å². The van der Waals surface area contributed by atoms with Crippen LogP contribution in [0.3, 0.4) is 0 Å². The van der Waals surface area contributed by atoms with Crippen LogP contribution in [-0.2, 0) is 0 Å². The largest absolute Gasteiger partial charge is 0.497 e. The van der Waals surface area contributed by atoms with Gasteiger partial charge in [0.15, 0.2) is 0 Å². The van der Waals surface area contributed by atoms with Crippen molar-refractivity contribution in [3.63, 3.8) is 0 Å². The number of aliphatic hydroxyl groups is 1. The lowest BCUT2D eigenvalue weighted by molar-refractivity contribution is 0.286. The molecule has 1 aromatic carbocycles. The van der Waals surface area contributed by atoms with E-state index in [0.717, 1.165) is 41.7 Å². The predicted molar refractivity (Wildman–Crippen MR) is 73.1 cm³/mol. The Hall–Kier alpha value is -1.81. The molecule has 2 N–H and O–H groups in total. The first-order valence-electron chi connectivity index (χ1n) is 6.12. The van der Waals surface area contributed by atoms with Gasteiger partial charge in [-0.1, -0.05) is 0 Å². The zero-order valence-corrected chi connectivity index (χ0v) is 10.5. The van der Waals surface area contributed by atoms with Gasteiger partial charge in [-0.05, 0) is 42.5 Å². The van der Waals surface area contributed by atoms with Gasteiger partial charge in [-0.15, -0.1) is 0 Å². The van der Waals surface area contributed by atoms with E-state index in [4.69, 9.17) is 9.84 Å². The summed E-state index contributed by atoms with van der Waals surface area (Å²) in [5, 5.41) is 14.2. The molecule has 1 heterocycles. The summed E-state index contributed by atoms with van der Waals surface area (Å²) in [6.45, 7) is 1.06. The van der Waals surface area contributed by atoms with Gasteiger partial charge < -0.3 is 15.2 Å². The molecule has 4 nitrogen and oxygen atoms in total. The lowest BCUT2D eigenvalue weighted by atomic mass is 10.1. The summed E-state index contributed by atoms with van der Waals surface area (Å²) in [6.07, 6.45) is 3.53. The van der Waals surface area contributed by atoms with E-state index in [9.17, 15) is 0 Å². The van der Waals surface area contributed by atoms with E-state index in [1.54, 1.807) is 13.3 Å². The first-order valence-corrected chi connectivity index (χ1v) is 6.12. The molecule has 1 aromatic heterocycles. The van der Waals surface area contributed by atoms with Crippen molar-refractivity contribution in [3.05, 3.63) is 30.5 Å². The number of anilines is 1. The fourth-order valence-electron chi connectivity index (χ4n) is 1.87. The second-order valence-electron chi connectivity index (χ2n) is 4.10. The van der Waals surface area contributed by atoms with Crippen molar-refractivity contribution in [1.82, 2.24) is 4.98 Å². The van der Waals surface area contributed by atoms with Gasteiger partial charge in [-0.3, -0.25) is 0 Å². The van der Waals surface area contributed by atoms with Gasteiger partial charge in [0.2, 0.25) is 0 Å². The Morgan fingerprint density at radius 1 is 1.28 bits per heavy atom. The average Bonchev–Trinajstić information content (AvgIpc) is 2.43. The molecule has 0 fully saturated rings. The van der Waals surface area contributed by atoms with Crippen molar-refractivity contribution in [1.29, 1.82) is 0 Å². The first kappa shape index (κ1) is 12.6. The summed E-state index contributed by atoms with van der Waals surface area (Å²) in [5.74, 6) is 1.73. The van der Waals surface area contributed by atoms with E-state index < -0.39 is 0 Å². The van der Waals surface area contributed by atoms with Crippen molar-refractivity contribution >= 4 is 16.6 Å². The Bertz CT molecular complexity index is 514. The number of aliphatic hydroxyl groups excluding tert-OH is 1. The number of hydrogen-bond acceptors (Lipinski definition) is 4. The van der Waals surface area contributed by atoms with Crippen molar-refractivity contribution in [2.45, 2.75) is 12.8 Å². The molecule has 0 aliphatic carbocycles. The van der Waals surface area contributed by atoms with Crippen LogP contribution in [0.25, 0.3) is 10.8 Å². The van der Waals surface area contributed by atoms with Gasteiger partial charge in [-0.25, -0.2) is 4.98 Å². The maximum Gasteiger partial charge on any atom is 0.133 e. The summed E-state index contributed by atoms with van der Waals surface area (Å²) < 4.78 is 5.21. The Morgan fingerprint density at radius 3 is 2.94 bits per heavy atom. The Morgan fingerprint density at radius 2 is 2.17 bits per heavy atom. The second-order valence-corrected chi connectivity index (χ2v) is 4.10. The smallest absolute Gasteiger partial charge is 0.133 e. The summed E-state index contributed by atoms with van der Waals surface area (Å²) >= 11 is 0. The van der Waals surface area contributed by atoms with Crippen LogP contribution in [-0.4, -0.2) is 30.4 Å². The SMILES string of the molecule is COc1ccc2c(NCCCCO)nccc2c1. The number of nitrogens with zero attached hydrogens (tertiary/aromatic N) is 1. The molecule has 0 amide bonds. The van der Waals surface area contributed by atoms with Crippen LogP contribution < -0.4 is 10.1 Å². The van der Waals surface area contributed by atoms with Crippen LogP contribution in [0.2, 0.25) is 0 Å². The highest BCUT2D eigenvalue weighted by atomic mass is 16.5. The molecule has 96 valence electrons. The highest BCUT2D eigenvalue weighted by Gasteiger charge is 2.02. The van der Waals surface area contributed by atoms with Crippen molar-refractivity contribution in [2.75, 3.05) is 25.6 Å². The molecule has 2 aromatic rings. The third-order valence-electron chi connectivity index (χ3n) is 2.85. The molecule has 4 heteroatoms. The van der Waals surface area contributed by atoms with Gasteiger partial charge in [0.1, 0.15) is 11.6 Å². The number of methoxy groups -OCH3 is 1. The molecule has 0 atom stereocenters. The molecule has 0 unspecified atom stereocenters. The fraction of sp³-hybridized carbons (Fsp3) is 0.357. The van der Waals surface area contributed by atoms with Crippen LogP contribution in [0, 0.1) is 0 Å². The van der Waals surface area contributed by atoms with Crippen LogP contribution in [0.4, 0.5) is 5.82 Å². The molecule has 0 saturated heterocycles. The number of unbranched alkanes of at least 4 members (excludes halogenated alkanes) is 1. The number of hydrogen-bond donors (Lipinski definition) is 2. The topological polar surface area (TPSA) is 54.4 Å². The zero-order chi connectivity index (χ0) is 12.8. The van der Waals surface area contributed by atoms with Gasteiger partial charge in [0.25, 0.3) is 0 Å². The van der Waals surface area contributed by atoms with E-state index in [-0.39, 0.29) is 6.61 Å². The monoisotopic (exact) mass is 246 g/mol. The molecule has 0 bridgehead atoms. The number of aromatic nitrogens is 1. The summed E-state index contributed by atoms with van der Waals surface area (Å²) in [5.41, 5.74) is 0. The average molecular weight is 246 g/mol. The lowest BCUT2D eigenvalue weighted by Crippen LogP contribution is -2.04. The molecule has 18 heavy (non-hydrogen) atoms. The Kier molecular flexibility index (Phi) is 4.36. The van der Waals surface area contributed by atoms with E-state index in [1.807, 2.05) is 24.3 Å². The molecule has 0 aliphatic heterocycles. The van der Waals surface area contributed by atoms with E-state index in [1.165, 1.54) is 0 Å². The highest BCUT2D eigenvalue weighted by molar-refractivity contribution is 5.92. The van der Waals surface area contributed by atoms with Crippen LogP contribution in [0.15, 0.2) is 30.5 Å². The number of benzene rings is 1. The molecular formula is C14H18N2O2. The van der Waals surface area contributed by atoms with Crippen molar-refractivity contribution in [3.8, 4) is 5.75 Å². The summed E-state index contributed by atoms with van der Waals surface area (Å²) in [6, 6.07) is 7.91. The predicted octanol–water partition coefficient (Wildman–Crippen LogP) is 2.43. The summed E-state index contributed by atoms with van der Waals surface area (Å²) in [4.78, 5) is 4.35. The first-order chi connectivity index (χ1) is 8.85. The minimum atomic E-state index is 0.238. The fourth-order valence-corrected chi connectivity index (χ4v) is 1.87. The van der Waals surface area contributed by atoms with Crippen molar-refractivity contribution < 1.29 is 9.84 Å². The van der Waals surface area contributed by atoms with Gasteiger partial charge in [0.05, 0.1) is 7.11 Å². The van der Waals surface area contributed by atoms with E-state index in [2.05, 4.69) is 10.3 Å². The Balaban J connectivity index is 2.17. The molecule has 0 spiro atoms. The van der Waals surface area contributed by atoms with Crippen LogP contribution in [0.5, 0.6) is 5.75 Å². The number of nitrogens with one attached hydrogen (secondary N) is 1. The lowest BCUT2D eigenvalue weighted by Gasteiger charge is -2.09. The maximum absolute atomic E-state index is 8.74. The van der Waals surface area contributed by atoms with E-state index >= 15 is 0 Å². The quantitative estimate of drug-likeness (QED) is 0.769. The Labute approximate surface area is 107 Å². The number of rotatable bonds is 6. The normalized spacial score (nSPS) is 10.6. The molecule has 2 rings (SSSR count). The third-order valence-corrected chi connectivity index (χ3v) is 2.85. The van der Waals surface area contributed by atoms with Gasteiger partial charge in [0, 0.05) is 24.7 Å². The minimum Gasteiger partial charge on any atom is -0.497 e. The molecule has 0 saturated carbocycles. The standard InChI is InChI=1S/C14H18N2O2/c1-18-12-4-5-13-11(10-12)6-8-16-14(13)15-7-2-3-9-17/h4-6,8,10,17H,2-3,7,9H2,1H3,(H,15,16). The number of ether oxygens (including phenoxy) is 1. The van der Waals surface area contributed by atoms with Gasteiger partial charge >= 0.3 is 0 Å². The highest BCUT2D eigenvalue weighted by Crippen LogP contribution is 2.25. The number of fused-ring (bicyclic) bond motifs is 1. The molecular weight excluding hydrogens is 228 g/mol. The van der Waals surface area contributed by atoms with Gasteiger partial charge in [-0.2, -0.15) is 0 Å². The molecule has 0 radical (unpaired) electrons. The van der Waals surface area contributed by atoms with Crippen LogP contribution in [0.1, 0.15) is 12.8 Å². The minimum absolute atomic E-state index is 0.238. The van der Waals surface area contributed by atoms with Crippen molar-refractivity contribution in [2.24, 2.45) is 0 Å². The summed E-state index contributed by atoms with van der Waals surface area (Å²) in [7, 11) is 1.66. The third kappa shape index (κ3) is 2.90. The van der Waals surface area contributed by atoms with E-state index in [0.29, 0.717) is 0 Å². The molecule has 0 aliphatic rings. The maximum atomic E-state index is 8.74. The second kappa shape index (κ2) is 6.21. The number of pyridine rings is 1.